The van der Waals surface area contributed by atoms with Crippen molar-refractivity contribution in [2.75, 3.05) is 11.9 Å². The number of anilines is 1. The van der Waals surface area contributed by atoms with E-state index in [2.05, 4.69) is 5.32 Å². The van der Waals surface area contributed by atoms with Gasteiger partial charge >= 0.3 is 0 Å². The lowest BCUT2D eigenvalue weighted by Gasteiger charge is -2.07. The Hall–Kier alpha value is -2.36. The number of aryl methyl sites for hydroxylation is 1. The molecule has 3 nitrogen and oxygen atoms in total. The Morgan fingerprint density at radius 3 is 2.67 bits per heavy atom. The van der Waals surface area contributed by atoms with Gasteiger partial charge < -0.3 is 10.1 Å². The summed E-state index contributed by atoms with van der Waals surface area (Å²) >= 11 is 0. The van der Waals surface area contributed by atoms with E-state index in [4.69, 9.17) is 4.74 Å². The first-order valence-electron chi connectivity index (χ1n) is 6.88. The smallest absolute Gasteiger partial charge is 0.224 e. The molecule has 2 aromatic rings. The van der Waals surface area contributed by atoms with Crippen LogP contribution in [0.1, 0.15) is 18.4 Å². The van der Waals surface area contributed by atoms with Crippen molar-refractivity contribution in [1.29, 1.82) is 0 Å². The highest BCUT2D eigenvalue weighted by molar-refractivity contribution is 5.90. The fourth-order valence-corrected chi connectivity index (χ4v) is 1.88. The molecule has 2 aromatic carbocycles. The number of halogens is 1. The van der Waals surface area contributed by atoms with Crippen LogP contribution in [-0.2, 0) is 4.79 Å². The topological polar surface area (TPSA) is 38.3 Å². The molecule has 0 saturated carbocycles. The Labute approximate surface area is 123 Å². The zero-order chi connectivity index (χ0) is 15.1. The van der Waals surface area contributed by atoms with Gasteiger partial charge in [0.05, 0.1) is 6.61 Å². The predicted octanol–water partition coefficient (Wildman–Crippen LogP) is 3.93. The maximum atomic E-state index is 12.7. The van der Waals surface area contributed by atoms with Gasteiger partial charge in [-0.2, -0.15) is 0 Å². The Morgan fingerprint density at radius 2 is 1.95 bits per heavy atom. The lowest BCUT2D eigenvalue weighted by Crippen LogP contribution is -2.12. The molecule has 0 spiro atoms. The van der Waals surface area contributed by atoms with E-state index in [0.29, 0.717) is 25.1 Å². The maximum absolute atomic E-state index is 12.7. The van der Waals surface area contributed by atoms with E-state index in [1.54, 1.807) is 0 Å². The molecule has 1 N–H and O–H groups in total. The molecular weight excluding hydrogens is 269 g/mol. The van der Waals surface area contributed by atoms with Crippen molar-refractivity contribution in [3.8, 4) is 5.75 Å². The molecule has 2 rings (SSSR count). The minimum Gasteiger partial charge on any atom is -0.494 e. The largest absolute Gasteiger partial charge is 0.494 e. The molecule has 0 aromatic heterocycles. The summed E-state index contributed by atoms with van der Waals surface area (Å²) in [7, 11) is 0. The summed E-state index contributed by atoms with van der Waals surface area (Å²) in [6.45, 7) is 2.49. The Bertz CT molecular complexity index is 596. The van der Waals surface area contributed by atoms with Crippen LogP contribution in [0, 0.1) is 12.7 Å². The minimum absolute atomic E-state index is 0.102. The number of benzene rings is 2. The summed E-state index contributed by atoms with van der Waals surface area (Å²) in [5, 5.41) is 2.72. The fourth-order valence-electron chi connectivity index (χ4n) is 1.88. The summed E-state index contributed by atoms with van der Waals surface area (Å²) in [4.78, 5) is 11.7. The van der Waals surface area contributed by atoms with Gasteiger partial charge in [-0.1, -0.05) is 12.1 Å². The lowest BCUT2D eigenvalue weighted by molar-refractivity contribution is -0.116. The first-order valence-corrected chi connectivity index (χ1v) is 6.88. The predicted molar refractivity (Wildman–Crippen MR) is 80.9 cm³/mol. The van der Waals surface area contributed by atoms with E-state index in [-0.39, 0.29) is 11.7 Å². The number of carbonyl (C=O) groups is 1. The van der Waals surface area contributed by atoms with E-state index < -0.39 is 0 Å². The molecule has 0 aliphatic heterocycles. The maximum Gasteiger partial charge on any atom is 0.224 e. The normalized spacial score (nSPS) is 10.2. The van der Waals surface area contributed by atoms with Crippen LogP contribution in [0.15, 0.2) is 48.5 Å². The average molecular weight is 287 g/mol. The van der Waals surface area contributed by atoms with Gasteiger partial charge in [-0.25, -0.2) is 4.39 Å². The van der Waals surface area contributed by atoms with Crippen molar-refractivity contribution in [3.05, 3.63) is 59.9 Å². The van der Waals surface area contributed by atoms with Crippen LogP contribution < -0.4 is 10.1 Å². The number of hydrogen-bond donors (Lipinski definition) is 1. The molecule has 0 heterocycles. The highest BCUT2D eigenvalue weighted by Crippen LogP contribution is 2.13. The van der Waals surface area contributed by atoms with Crippen molar-refractivity contribution < 1.29 is 13.9 Å². The second-order valence-corrected chi connectivity index (χ2v) is 4.82. The highest BCUT2D eigenvalue weighted by Gasteiger charge is 2.03. The van der Waals surface area contributed by atoms with Gasteiger partial charge in [-0.05, 0) is 55.3 Å². The molecule has 110 valence electrons. The fraction of sp³-hybridized carbons (Fsp3) is 0.235. The summed E-state index contributed by atoms with van der Waals surface area (Å²) < 4.78 is 18.3. The number of ether oxygens (including phenoxy) is 1. The summed E-state index contributed by atoms with van der Waals surface area (Å²) in [6.07, 6.45) is 0.990. The molecule has 4 heteroatoms. The van der Waals surface area contributed by atoms with Crippen LogP contribution in [0.5, 0.6) is 5.75 Å². The first kappa shape index (κ1) is 15.0. The second-order valence-electron chi connectivity index (χ2n) is 4.82. The Balaban J connectivity index is 1.68. The van der Waals surface area contributed by atoms with Gasteiger partial charge in [0, 0.05) is 12.1 Å². The van der Waals surface area contributed by atoms with Crippen LogP contribution in [0.2, 0.25) is 0 Å². The molecule has 0 unspecified atom stereocenters. The molecule has 21 heavy (non-hydrogen) atoms. The number of nitrogens with one attached hydrogen (secondary N) is 1. The molecule has 0 radical (unpaired) electrons. The lowest BCUT2D eigenvalue weighted by atomic mass is 10.2. The third-order valence-corrected chi connectivity index (χ3v) is 2.93. The van der Waals surface area contributed by atoms with Crippen LogP contribution in [0.25, 0.3) is 0 Å². The number of carbonyl (C=O) groups excluding carboxylic acids is 1. The zero-order valence-electron chi connectivity index (χ0n) is 11.9. The summed E-state index contributed by atoms with van der Waals surface area (Å²) in [5.41, 5.74) is 1.74. The Morgan fingerprint density at radius 1 is 1.19 bits per heavy atom. The van der Waals surface area contributed by atoms with Crippen molar-refractivity contribution >= 4 is 11.6 Å². The average Bonchev–Trinajstić information content (AvgIpc) is 2.46. The van der Waals surface area contributed by atoms with E-state index in [9.17, 15) is 9.18 Å². The van der Waals surface area contributed by atoms with Crippen molar-refractivity contribution in [3.63, 3.8) is 0 Å². The van der Waals surface area contributed by atoms with Gasteiger partial charge in [0.1, 0.15) is 11.6 Å². The third-order valence-electron chi connectivity index (χ3n) is 2.93. The van der Waals surface area contributed by atoms with E-state index in [1.807, 2.05) is 31.2 Å². The molecule has 0 saturated heterocycles. The molecule has 0 aliphatic rings. The molecule has 0 atom stereocenters. The van der Waals surface area contributed by atoms with E-state index in [0.717, 1.165) is 11.3 Å². The van der Waals surface area contributed by atoms with Crippen LogP contribution in [0.4, 0.5) is 10.1 Å². The van der Waals surface area contributed by atoms with Gasteiger partial charge in [0.25, 0.3) is 0 Å². The molecule has 1 amide bonds. The van der Waals surface area contributed by atoms with Crippen molar-refractivity contribution in [2.24, 2.45) is 0 Å². The number of hydrogen-bond acceptors (Lipinski definition) is 2. The standard InChI is InChI=1S/C17H18FNO2/c1-13-4-2-5-16(12-13)21-11-3-6-17(20)19-15-9-7-14(18)8-10-15/h2,4-5,7-10,12H,3,6,11H2,1H3,(H,19,20). The van der Waals surface area contributed by atoms with Gasteiger partial charge in [-0.3, -0.25) is 4.79 Å². The summed E-state index contributed by atoms with van der Waals surface area (Å²) in [5.74, 6) is 0.392. The number of amides is 1. The van der Waals surface area contributed by atoms with Crippen molar-refractivity contribution in [1.82, 2.24) is 0 Å². The minimum atomic E-state index is -0.320. The quantitative estimate of drug-likeness (QED) is 0.817. The SMILES string of the molecule is Cc1cccc(OCCCC(=O)Nc2ccc(F)cc2)c1. The zero-order valence-corrected chi connectivity index (χ0v) is 11.9. The molecule has 0 bridgehead atoms. The van der Waals surface area contributed by atoms with Crippen LogP contribution in [0.3, 0.4) is 0 Å². The number of rotatable bonds is 6. The monoisotopic (exact) mass is 287 g/mol. The van der Waals surface area contributed by atoms with E-state index in [1.165, 1.54) is 24.3 Å². The van der Waals surface area contributed by atoms with E-state index >= 15 is 0 Å². The Kier molecular flexibility index (Phi) is 5.32. The van der Waals surface area contributed by atoms with Crippen LogP contribution >= 0.6 is 0 Å². The van der Waals surface area contributed by atoms with Gasteiger partial charge in [0.15, 0.2) is 0 Å². The first-order chi connectivity index (χ1) is 10.1. The molecule has 0 fully saturated rings. The third kappa shape index (κ3) is 5.26. The molecular formula is C17H18FNO2. The van der Waals surface area contributed by atoms with Gasteiger partial charge in [-0.15, -0.1) is 0 Å². The van der Waals surface area contributed by atoms with Crippen LogP contribution in [-0.4, -0.2) is 12.5 Å². The van der Waals surface area contributed by atoms with Gasteiger partial charge in [0.2, 0.25) is 5.91 Å². The highest BCUT2D eigenvalue weighted by atomic mass is 19.1. The van der Waals surface area contributed by atoms with Crippen molar-refractivity contribution in [2.45, 2.75) is 19.8 Å². The summed E-state index contributed by atoms with van der Waals surface area (Å²) in [6, 6.07) is 13.5. The second kappa shape index (κ2) is 7.43. The molecule has 0 aliphatic carbocycles.